The van der Waals surface area contributed by atoms with Gasteiger partial charge >= 0.3 is 0 Å². The van der Waals surface area contributed by atoms with Crippen LogP contribution in [0.15, 0.2) is 29.3 Å². The second-order valence-electron chi connectivity index (χ2n) is 5.51. The number of rotatable bonds is 9. The van der Waals surface area contributed by atoms with E-state index in [2.05, 4.69) is 24.2 Å². The van der Waals surface area contributed by atoms with E-state index < -0.39 is 0 Å². The highest BCUT2D eigenvalue weighted by molar-refractivity contribution is 5.92. The summed E-state index contributed by atoms with van der Waals surface area (Å²) in [5, 5.41) is 3.14. The number of hydrogen-bond acceptors (Lipinski definition) is 3. The van der Waals surface area contributed by atoms with Gasteiger partial charge < -0.3 is 20.5 Å². The van der Waals surface area contributed by atoms with Gasteiger partial charge in [-0.1, -0.05) is 32.0 Å². The van der Waals surface area contributed by atoms with Crippen molar-refractivity contribution < 1.29 is 9.47 Å². The van der Waals surface area contributed by atoms with Crippen LogP contribution in [0.2, 0.25) is 0 Å². The van der Waals surface area contributed by atoms with Crippen LogP contribution in [-0.4, -0.2) is 32.3 Å². The highest BCUT2D eigenvalue weighted by Crippen LogP contribution is 2.15. The quantitative estimate of drug-likeness (QED) is 0.543. The topological polar surface area (TPSA) is 68.9 Å². The molecule has 5 nitrogen and oxygen atoms in total. The summed E-state index contributed by atoms with van der Waals surface area (Å²) >= 11 is 0. The van der Waals surface area contributed by atoms with Gasteiger partial charge in [0.15, 0.2) is 5.96 Å². The van der Waals surface area contributed by atoms with Crippen LogP contribution in [0.4, 0.5) is 5.69 Å². The van der Waals surface area contributed by atoms with Crippen molar-refractivity contribution in [1.82, 2.24) is 0 Å². The molecule has 1 aromatic carbocycles. The summed E-state index contributed by atoms with van der Waals surface area (Å²) in [5.41, 5.74) is 7.94. The minimum Gasteiger partial charge on any atom is -0.380 e. The zero-order valence-electron chi connectivity index (χ0n) is 14.1. The molecular formula is C17H29N3O2. The number of nitrogens with one attached hydrogen (secondary N) is 1. The molecule has 124 valence electrons. The lowest BCUT2D eigenvalue weighted by Crippen LogP contribution is -2.25. The summed E-state index contributed by atoms with van der Waals surface area (Å²) < 4.78 is 10.9. The van der Waals surface area contributed by atoms with Crippen molar-refractivity contribution in [2.24, 2.45) is 16.6 Å². The summed E-state index contributed by atoms with van der Waals surface area (Å²) in [6.45, 7) is 8.25. The van der Waals surface area contributed by atoms with Gasteiger partial charge in [-0.05, 0) is 25.3 Å². The van der Waals surface area contributed by atoms with Crippen LogP contribution in [0.5, 0.6) is 0 Å². The Morgan fingerprint density at radius 3 is 2.68 bits per heavy atom. The molecule has 1 atom stereocenters. The Bertz CT molecular complexity index is 461. The Balaban J connectivity index is 2.55. The SMILES string of the molecule is CCOC(CCN=C(N)Nc1ccccc1COC)C(C)C. The molecular weight excluding hydrogens is 278 g/mol. The first-order valence-corrected chi connectivity index (χ1v) is 7.83. The molecule has 0 aliphatic heterocycles. The predicted molar refractivity (Wildman–Crippen MR) is 92.1 cm³/mol. The van der Waals surface area contributed by atoms with Gasteiger partial charge in [-0.3, -0.25) is 4.99 Å². The summed E-state index contributed by atoms with van der Waals surface area (Å²) in [6.07, 6.45) is 1.09. The number of aliphatic imine (C=N–C) groups is 1. The minimum atomic E-state index is 0.224. The van der Waals surface area contributed by atoms with E-state index in [0.29, 0.717) is 25.0 Å². The Hall–Kier alpha value is -1.59. The molecule has 0 amide bonds. The molecule has 1 aromatic rings. The maximum absolute atomic E-state index is 5.96. The van der Waals surface area contributed by atoms with Crippen molar-refractivity contribution in [1.29, 1.82) is 0 Å². The minimum absolute atomic E-state index is 0.224. The van der Waals surface area contributed by atoms with Crippen LogP contribution < -0.4 is 11.1 Å². The number of guanidine groups is 1. The maximum Gasteiger partial charge on any atom is 0.193 e. The van der Waals surface area contributed by atoms with Crippen molar-refractivity contribution in [2.75, 3.05) is 25.6 Å². The Kier molecular flexibility index (Phi) is 8.55. The second kappa shape index (κ2) is 10.2. The van der Waals surface area contributed by atoms with E-state index >= 15 is 0 Å². The molecule has 0 aliphatic carbocycles. The number of ether oxygens (including phenoxy) is 2. The lowest BCUT2D eigenvalue weighted by atomic mass is 10.0. The number of anilines is 1. The molecule has 0 fully saturated rings. The molecule has 0 saturated heterocycles. The lowest BCUT2D eigenvalue weighted by Gasteiger charge is -2.19. The summed E-state index contributed by atoms with van der Waals surface area (Å²) in [5.74, 6) is 0.898. The molecule has 0 heterocycles. The number of para-hydroxylation sites is 1. The van der Waals surface area contributed by atoms with Gasteiger partial charge in [0, 0.05) is 31.5 Å². The highest BCUT2D eigenvalue weighted by Gasteiger charge is 2.12. The van der Waals surface area contributed by atoms with Gasteiger partial charge in [0.1, 0.15) is 0 Å². The van der Waals surface area contributed by atoms with Gasteiger partial charge in [0.05, 0.1) is 12.7 Å². The molecule has 0 saturated carbocycles. The fourth-order valence-electron chi connectivity index (χ4n) is 2.24. The van der Waals surface area contributed by atoms with Crippen molar-refractivity contribution in [2.45, 2.75) is 39.9 Å². The Morgan fingerprint density at radius 1 is 1.32 bits per heavy atom. The number of hydrogen-bond donors (Lipinski definition) is 2. The van der Waals surface area contributed by atoms with Crippen LogP contribution in [0.25, 0.3) is 0 Å². The standard InChI is InChI=1S/C17H29N3O2/c1-5-22-16(13(2)3)10-11-19-17(18)20-15-9-7-6-8-14(15)12-21-4/h6-9,13,16H,5,10-12H2,1-4H3,(H3,18,19,20). The molecule has 1 rings (SSSR count). The molecule has 1 unspecified atom stereocenters. The van der Waals surface area contributed by atoms with Crippen LogP contribution in [-0.2, 0) is 16.1 Å². The third-order valence-electron chi connectivity index (χ3n) is 3.40. The van der Waals surface area contributed by atoms with Crippen molar-refractivity contribution >= 4 is 11.6 Å². The van der Waals surface area contributed by atoms with E-state index in [-0.39, 0.29) is 6.10 Å². The number of nitrogens with two attached hydrogens (primary N) is 1. The summed E-state index contributed by atoms with van der Waals surface area (Å²) in [7, 11) is 1.67. The first-order valence-electron chi connectivity index (χ1n) is 7.83. The summed E-state index contributed by atoms with van der Waals surface area (Å²) in [4.78, 5) is 4.39. The van der Waals surface area contributed by atoms with Gasteiger partial charge in [-0.15, -0.1) is 0 Å². The van der Waals surface area contributed by atoms with Crippen molar-refractivity contribution in [3.05, 3.63) is 29.8 Å². The zero-order valence-corrected chi connectivity index (χ0v) is 14.1. The Morgan fingerprint density at radius 2 is 2.05 bits per heavy atom. The molecule has 0 spiro atoms. The average molecular weight is 307 g/mol. The van der Waals surface area contributed by atoms with Crippen LogP contribution in [0, 0.1) is 5.92 Å². The fourth-order valence-corrected chi connectivity index (χ4v) is 2.24. The predicted octanol–water partition coefficient (Wildman–Crippen LogP) is 3.01. The molecule has 5 heteroatoms. The van der Waals surface area contributed by atoms with Gasteiger partial charge in [0.25, 0.3) is 0 Å². The van der Waals surface area contributed by atoms with E-state index in [9.17, 15) is 0 Å². The largest absolute Gasteiger partial charge is 0.380 e. The smallest absolute Gasteiger partial charge is 0.193 e. The van der Waals surface area contributed by atoms with Gasteiger partial charge in [-0.2, -0.15) is 0 Å². The third-order valence-corrected chi connectivity index (χ3v) is 3.40. The number of benzene rings is 1. The van der Waals surface area contributed by atoms with E-state index in [1.165, 1.54) is 0 Å². The maximum atomic E-state index is 5.96. The second-order valence-corrected chi connectivity index (χ2v) is 5.51. The number of methoxy groups -OCH3 is 1. The first kappa shape index (κ1) is 18.5. The van der Waals surface area contributed by atoms with Crippen molar-refractivity contribution in [3.63, 3.8) is 0 Å². The first-order chi connectivity index (χ1) is 10.6. The summed E-state index contributed by atoms with van der Waals surface area (Å²) in [6, 6.07) is 7.90. The third kappa shape index (κ3) is 6.45. The van der Waals surface area contributed by atoms with Gasteiger partial charge in [-0.25, -0.2) is 0 Å². The normalized spacial score (nSPS) is 13.4. The highest BCUT2D eigenvalue weighted by atomic mass is 16.5. The molecule has 3 N–H and O–H groups in total. The lowest BCUT2D eigenvalue weighted by molar-refractivity contribution is 0.0266. The molecule has 22 heavy (non-hydrogen) atoms. The van der Waals surface area contributed by atoms with E-state index in [1.807, 2.05) is 31.2 Å². The van der Waals surface area contributed by atoms with Crippen LogP contribution >= 0.6 is 0 Å². The molecule has 0 aliphatic rings. The van der Waals surface area contributed by atoms with E-state index in [4.69, 9.17) is 15.2 Å². The van der Waals surface area contributed by atoms with Gasteiger partial charge in [0.2, 0.25) is 0 Å². The average Bonchev–Trinajstić information content (AvgIpc) is 2.48. The number of nitrogens with zero attached hydrogens (tertiary/aromatic N) is 1. The van der Waals surface area contributed by atoms with E-state index in [0.717, 1.165) is 24.3 Å². The molecule has 0 radical (unpaired) electrons. The Labute approximate surface area is 133 Å². The van der Waals surface area contributed by atoms with Crippen LogP contribution in [0.3, 0.4) is 0 Å². The molecule has 0 bridgehead atoms. The van der Waals surface area contributed by atoms with E-state index in [1.54, 1.807) is 7.11 Å². The van der Waals surface area contributed by atoms with Crippen LogP contribution in [0.1, 0.15) is 32.8 Å². The monoisotopic (exact) mass is 307 g/mol. The fraction of sp³-hybridized carbons (Fsp3) is 0.588. The molecule has 0 aromatic heterocycles. The van der Waals surface area contributed by atoms with Crippen molar-refractivity contribution in [3.8, 4) is 0 Å². The zero-order chi connectivity index (χ0) is 16.4.